The number of hydrogen-bond donors (Lipinski definition) is 2. The molecule has 0 saturated heterocycles. The van der Waals surface area contributed by atoms with Crippen molar-refractivity contribution in [3.05, 3.63) is 23.5 Å². The van der Waals surface area contributed by atoms with E-state index in [0.29, 0.717) is 23.5 Å². The maximum Gasteiger partial charge on any atom is 0.237 e. The zero-order chi connectivity index (χ0) is 16.0. The Balaban J connectivity index is 2.92. The lowest BCUT2D eigenvalue weighted by Crippen LogP contribution is -2.41. The van der Waals surface area contributed by atoms with Crippen molar-refractivity contribution >= 4 is 5.91 Å². The number of carbonyl (C=O) groups excluding carboxylic acids is 1. The van der Waals surface area contributed by atoms with Crippen LogP contribution in [0.3, 0.4) is 0 Å². The van der Waals surface area contributed by atoms with Crippen LogP contribution in [0.15, 0.2) is 12.1 Å². The van der Waals surface area contributed by atoms with Crippen molar-refractivity contribution < 1.29 is 18.7 Å². The van der Waals surface area contributed by atoms with Crippen LogP contribution in [0, 0.1) is 5.82 Å². The molecule has 0 saturated carbocycles. The molecule has 3 N–H and O–H groups in total. The lowest BCUT2D eigenvalue weighted by Gasteiger charge is -2.19. The zero-order valence-corrected chi connectivity index (χ0v) is 12.9. The van der Waals surface area contributed by atoms with Gasteiger partial charge in [-0.05, 0) is 19.4 Å². The fraction of sp³-hybridized carbons (Fsp3) is 0.533. The molecule has 0 aliphatic rings. The van der Waals surface area contributed by atoms with Crippen molar-refractivity contribution in [1.82, 2.24) is 5.32 Å². The summed E-state index contributed by atoms with van der Waals surface area (Å²) in [5.74, 6) is -0.0455. The second-order valence-electron chi connectivity index (χ2n) is 4.85. The van der Waals surface area contributed by atoms with Crippen LogP contribution >= 0.6 is 0 Å². The van der Waals surface area contributed by atoms with E-state index in [0.717, 1.165) is 6.42 Å². The summed E-state index contributed by atoms with van der Waals surface area (Å²) < 4.78 is 24.3. The van der Waals surface area contributed by atoms with E-state index in [2.05, 4.69) is 5.32 Å². The molecule has 1 aromatic rings. The molecule has 1 aromatic carbocycles. The van der Waals surface area contributed by atoms with Crippen molar-refractivity contribution in [1.29, 1.82) is 0 Å². The average molecular weight is 298 g/mol. The van der Waals surface area contributed by atoms with Gasteiger partial charge in [-0.15, -0.1) is 0 Å². The Morgan fingerprint density at radius 1 is 1.33 bits per heavy atom. The third-order valence-electron chi connectivity index (χ3n) is 3.26. The second kappa shape index (κ2) is 7.83. The van der Waals surface area contributed by atoms with Gasteiger partial charge in [-0.3, -0.25) is 4.79 Å². The molecule has 2 unspecified atom stereocenters. The van der Waals surface area contributed by atoms with Gasteiger partial charge in [0.25, 0.3) is 0 Å². The topological polar surface area (TPSA) is 73.6 Å². The molecule has 1 amide bonds. The van der Waals surface area contributed by atoms with Gasteiger partial charge in [-0.2, -0.15) is 0 Å². The van der Waals surface area contributed by atoms with E-state index in [1.54, 1.807) is 6.92 Å². The number of ether oxygens (including phenoxy) is 2. The summed E-state index contributed by atoms with van der Waals surface area (Å²) in [4.78, 5) is 11.9. The van der Waals surface area contributed by atoms with E-state index in [4.69, 9.17) is 15.2 Å². The van der Waals surface area contributed by atoms with Gasteiger partial charge in [-0.1, -0.05) is 13.3 Å². The summed E-state index contributed by atoms with van der Waals surface area (Å²) in [5.41, 5.74) is 6.07. The molecule has 21 heavy (non-hydrogen) atoms. The minimum absolute atomic E-state index is 0.293. The lowest BCUT2D eigenvalue weighted by molar-refractivity contribution is -0.123. The Kier molecular flexibility index (Phi) is 6.42. The number of rotatable bonds is 7. The van der Waals surface area contributed by atoms with Crippen LogP contribution in [0.2, 0.25) is 0 Å². The minimum atomic E-state index is -0.583. The molecule has 0 spiro atoms. The Morgan fingerprint density at radius 3 is 2.43 bits per heavy atom. The summed E-state index contributed by atoms with van der Waals surface area (Å²) in [6, 6.07) is 1.66. The number of nitrogens with one attached hydrogen (secondary N) is 1. The molecule has 6 heteroatoms. The number of amides is 1. The first-order valence-electron chi connectivity index (χ1n) is 6.91. The molecule has 2 atom stereocenters. The van der Waals surface area contributed by atoms with E-state index in [1.807, 2.05) is 6.92 Å². The molecular weight excluding hydrogens is 275 g/mol. The standard InChI is InChI=1S/C15H23FN2O3/c1-5-6-12(17)15(19)18-9(2)10-7-13(20-3)14(21-4)8-11(10)16/h7-9,12H,5-6,17H2,1-4H3,(H,18,19). The van der Waals surface area contributed by atoms with Gasteiger partial charge < -0.3 is 20.5 Å². The molecule has 1 rings (SSSR count). The Bertz CT molecular complexity index is 494. The molecule has 0 fully saturated rings. The molecule has 0 aromatic heterocycles. The first kappa shape index (κ1) is 17.2. The first-order chi connectivity index (χ1) is 9.94. The zero-order valence-electron chi connectivity index (χ0n) is 12.9. The van der Waals surface area contributed by atoms with Crippen LogP contribution in [0.25, 0.3) is 0 Å². The van der Waals surface area contributed by atoms with Gasteiger partial charge >= 0.3 is 0 Å². The van der Waals surface area contributed by atoms with Crippen LogP contribution in [-0.4, -0.2) is 26.2 Å². The van der Waals surface area contributed by atoms with Crippen molar-refractivity contribution in [2.24, 2.45) is 5.73 Å². The van der Waals surface area contributed by atoms with Crippen LogP contribution < -0.4 is 20.5 Å². The Labute approximate surface area is 124 Å². The Hall–Kier alpha value is -1.82. The monoisotopic (exact) mass is 298 g/mol. The van der Waals surface area contributed by atoms with Crippen molar-refractivity contribution in [3.63, 3.8) is 0 Å². The second-order valence-corrected chi connectivity index (χ2v) is 4.85. The third kappa shape index (κ3) is 4.32. The summed E-state index contributed by atoms with van der Waals surface area (Å²) in [6.07, 6.45) is 1.40. The largest absolute Gasteiger partial charge is 0.493 e. The van der Waals surface area contributed by atoms with Gasteiger partial charge in [0.1, 0.15) is 5.82 Å². The van der Waals surface area contributed by atoms with Gasteiger partial charge in [0.15, 0.2) is 11.5 Å². The van der Waals surface area contributed by atoms with Crippen molar-refractivity contribution in [2.75, 3.05) is 14.2 Å². The highest BCUT2D eigenvalue weighted by Crippen LogP contribution is 2.32. The van der Waals surface area contributed by atoms with Crippen molar-refractivity contribution in [2.45, 2.75) is 38.8 Å². The highest BCUT2D eigenvalue weighted by Gasteiger charge is 2.20. The number of nitrogens with two attached hydrogens (primary N) is 1. The molecule has 5 nitrogen and oxygen atoms in total. The van der Waals surface area contributed by atoms with Crippen LogP contribution in [0.1, 0.15) is 38.3 Å². The summed E-state index contributed by atoms with van der Waals surface area (Å²) in [7, 11) is 2.91. The predicted octanol–water partition coefficient (Wildman–Crippen LogP) is 2.15. The fourth-order valence-electron chi connectivity index (χ4n) is 2.04. The molecule has 0 aliphatic heterocycles. The number of methoxy groups -OCH3 is 2. The summed E-state index contributed by atoms with van der Waals surface area (Å²) in [5, 5.41) is 2.71. The van der Waals surface area contributed by atoms with E-state index in [1.165, 1.54) is 26.4 Å². The first-order valence-corrected chi connectivity index (χ1v) is 6.91. The molecule has 0 aliphatic carbocycles. The van der Waals surface area contributed by atoms with Gasteiger partial charge in [0.2, 0.25) is 5.91 Å². The number of carbonyl (C=O) groups is 1. The van der Waals surface area contributed by atoms with E-state index >= 15 is 0 Å². The summed E-state index contributed by atoms with van der Waals surface area (Å²) in [6.45, 7) is 3.64. The number of halogens is 1. The number of hydrogen-bond acceptors (Lipinski definition) is 4. The predicted molar refractivity (Wildman–Crippen MR) is 78.9 cm³/mol. The Morgan fingerprint density at radius 2 is 1.90 bits per heavy atom. The molecule has 118 valence electrons. The van der Waals surface area contributed by atoms with Gasteiger partial charge in [0.05, 0.1) is 26.3 Å². The van der Waals surface area contributed by atoms with Crippen LogP contribution in [0.4, 0.5) is 4.39 Å². The highest BCUT2D eigenvalue weighted by molar-refractivity contribution is 5.81. The molecule has 0 radical (unpaired) electrons. The number of benzene rings is 1. The van der Waals surface area contributed by atoms with Gasteiger partial charge in [0, 0.05) is 11.6 Å². The summed E-state index contributed by atoms with van der Waals surface area (Å²) >= 11 is 0. The SMILES string of the molecule is CCCC(N)C(=O)NC(C)c1cc(OC)c(OC)cc1F. The highest BCUT2D eigenvalue weighted by atomic mass is 19.1. The van der Waals surface area contributed by atoms with Crippen molar-refractivity contribution in [3.8, 4) is 11.5 Å². The molecule has 0 heterocycles. The smallest absolute Gasteiger partial charge is 0.237 e. The molecular formula is C15H23FN2O3. The lowest BCUT2D eigenvalue weighted by atomic mass is 10.1. The maximum atomic E-state index is 14.1. The third-order valence-corrected chi connectivity index (χ3v) is 3.26. The molecule has 0 bridgehead atoms. The fourth-order valence-corrected chi connectivity index (χ4v) is 2.04. The van der Waals surface area contributed by atoms with E-state index < -0.39 is 17.9 Å². The van der Waals surface area contributed by atoms with E-state index in [9.17, 15) is 9.18 Å². The van der Waals surface area contributed by atoms with Crippen LogP contribution in [-0.2, 0) is 4.79 Å². The van der Waals surface area contributed by atoms with Gasteiger partial charge in [-0.25, -0.2) is 4.39 Å². The minimum Gasteiger partial charge on any atom is -0.493 e. The van der Waals surface area contributed by atoms with E-state index in [-0.39, 0.29) is 5.91 Å². The normalized spacial score (nSPS) is 13.4. The quantitative estimate of drug-likeness (QED) is 0.809. The van der Waals surface area contributed by atoms with Crippen LogP contribution in [0.5, 0.6) is 11.5 Å². The average Bonchev–Trinajstić information content (AvgIpc) is 2.46. The maximum absolute atomic E-state index is 14.1.